The number of anilines is 1. The fourth-order valence-electron chi connectivity index (χ4n) is 2.73. The van der Waals surface area contributed by atoms with Gasteiger partial charge < -0.3 is 15.2 Å². The summed E-state index contributed by atoms with van der Waals surface area (Å²) >= 11 is 0. The fraction of sp³-hybridized carbons (Fsp3) is 0.375. The molecule has 0 spiro atoms. The smallest absolute Gasteiger partial charge is 0.220 e. The first-order valence-electron chi connectivity index (χ1n) is 7.48. The van der Waals surface area contributed by atoms with E-state index >= 15 is 0 Å². The molecule has 1 saturated heterocycles. The molecule has 3 rings (SSSR count). The summed E-state index contributed by atoms with van der Waals surface area (Å²) in [5.41, 5.74) is 1.96. The molecule has 0 radical (unpaired) electrons. The van der Waals surface area contributed by atoms with Crippen LogP contribution < -0.4 is 10.2 Å². The summed E-state index contributed by atoms with van der Waals surface area (Å²) in [7, 11) is 0. The van der Waals surface area contributed by atoms with Crippen molar-refractivity contribution in [2.75, 3.05) is 18.0 Å². The molecule has 0 saturated carbocycles. The standard InChI is InChI=1S/C16H19FN4O/c17-12-1-4-15(5-2-12)21-8-7-14(10-21)20-16(22)6-3-13-9-18-11-19-13/h1-2,4-5,9,11,14H,3,6-8,10H2,(H,18,19)(H,20,22). The van der Waals surface area contributed by atoms with E-state index in [1.807, 2.05) is 0 Å². The van der Waals surface area contributed by atoms with Gasteiger partial charge in [0.15, 0.2) is 0 Å². The van der Waals surface area contributed by atoms with Crippen LogP contribution in [0.5, 0.6) is 0 Å². The van der Waals surface area contributed by atoms with Gasteiger partial charge >= 0.3 is 0 Å². The number of hydrogen-bond acceptors (Lipinski definition) is 3. The summed E-state index contributed by atoms with van der Waals surface area (Å²) in [6, 6.07) is 6.63. The molecule has 1 aliphatic heterocycles. The van der Waals surface area contributed by atoms with Gasteiger partial charge in [0.2, 0.25) is 5.91 Å². The highest BCUT2D eigenvalue weighted by Gasteiger charge is 2.23. The number of nitrogens with one attached hydrogen (secondary N) is 2. The molecule has 1 aromatic heterocycles. The van der Waals surface area contributed by atoms with Crippen molar-refractivity contribution in [3.63, 3.8) is 0 Å². The summed E-state index contributed by atoms with van der Waals surface area (Å²) in [4.78, 5) is 21.1. The molecule has 0 aliphatic carbocycles. The molecule has 2 N–H and O–H groups in total. The van der Waals surface area contributed by atoms with Crippen LogP contribution in [0.4, 0.5) is 10.1 Å². The van der Waals surface area contributed by atoms with Crippen molar-refractivity contribution in [2.45, 2.75) is 25.3 Å². The molecular formula is C16H19FN4O. The maximum Gasteiger partial charge on any atom is 0.220 e. The number of halogens is 1. The van der Waals surface area contributed by atoms with E-state index in [4.69, 9.17) is 0 Å². The van der Waals surface area contributed by atoms with E-state index in [1.165, 1.54) is 12.1 Å². The predicted molar refractivity (Wildman–Crippen MR) is 82.1 cm³/mol. The lowest BCUT2D eigenvalue weighted by Gasteiger charge is -2.19. The highest BCUT2D eigenvalue weighted by molar-refractivity contribution is 5.76. The van der Waals surface area contributed by atoms with Gasteiger partial charge in [-0.25, -0.2) is 9.37 Å². The number of benzene rings is 1. The Morgan fingerprint density at radius 1 is 1.41 bits per heavy atom. The van der Waals surface area contributed by atoms with Gasteiger partial charge in [0.1, 0.15) is 5.82 Å². The third-order valence-corrected chi connectivity index (χ3v) is 3.92. The van der Waals surface area contributed by atoms with Gasteiger partial charge in [-0.1, -0.05) is 0 Å². The Morgan fingerprint density at radius 2 is 2.23 bits per heavy atom. The third-order valence-electron chi connectivity index (χ3n) is 3.92. The number of hydrogen-bond donors (Lipinski definition) is 2. The lowest BCUT2D eigenvalue weighted by molar-refractivity contribution is -0.121. The SMILES string of the molecule is O=C(CCc1cnc[nH]1)NC1CCN(c2ccc(F)cc2)C1. The van der Waals surface area contributed by atoms with E-state index in [2.05, 4.69) is 20.2 Å². The Kier molecular flexibility index (Phi) is 4.37. The molecule has 2 heterocycles. The third kappa shape index (κ3) is 3.63. The molecule has 2 aromatic rings. The minimum Gasteiger partial charge on any atom is -0.369 e. The van der Waals surface area contributed by atoms with Crippen LogP contribution in [-0.2, 0) is 11.2 Å². The van der Waals surface area contributed by atoms with Crippen molar-refractivity contribution >= 4 is 11.6 Å². The Bertz CT molecular complexity index is 612. The zero-order chi connectivity index (χ0) is 15.4. The van der Waals surface area contributed by atoms with E-state index in [1.54, 1.807) is 24.7 Å². The summed E-state index contributed by atoms with van der Waals surface area (Å²) in [5, 5.41) is 3.06. The summed E-state index contributed by atoms with van der Waals surface area (Å²) in [6.07, 6.45) is 5.38. The summed E-state index contributed by atoms with van der Waals surface area (Å²) < 4.78 is 12.9. The average molecular weight is 302 g/mol. The lowest BCUT2D eigenvalue weighted by atomic mass is 10.2. The molecule has 5 nitrogen and oxygen atoms in total. The lowest BCUT2D eigenvalue weighted by Crippen LogP contribution is -2.37. The van der Waals surface area contributed by atoms with E-state index in [-0.39, 0.29) is 17.8 Å². The van der Waals surface area contributed by atoms with Gasteiger partial charge in [-0.2, -0.15) is 0 Å². The van der Waals surface area contributed by atoms with E-state index in [9.17, 15) is 9.18 Å². The quantitative estimate of drug-likeness (QED) is 0.886. The Balaban J connectivity index is 1.46. The van der Waals surface area contributed by atoms with Crippen molar-refractivity contribution in [1.82, 2.24) is 15.3 Å². The topological polar surface area (TPSA) is 61.0 Å². The zero-order valence-electron chi connectivity index (χ0n) is 12.3. The minimum atomic E-state index is -0.230. The van der Waals surface area contributed by atoms with Crippen molar-refractivity contribution in [2.24, 2.45) is 0 Å². The number of amides is 1. The van der Waals surface area contributed by atoms with Crippen LogP contribution in [-0.4, -0.2) is 35.0 Å². The Morgan fingerprint density at radius 3 is 2.95 bits per heavy atom. The molecule has 1 aliphatic rings. The molecule has 116 valence electrons. The molecule has 6 heteroatoms. The fourth-order valence-corrected chi connectivity index (χ4v) is 2.73. The number of nitrogens with zero attached hydrogens (tertiary/aromatic N) is 2. The minimum absolute atomic E-state index is 0.0561. The van der Waals surface area contributed by atoms with Crippen molar-refractivity contribution in [3.05, 3.63) is 48.3 Å². The van der Waals surface area contributed by atoms with Gasteiger partial charge in [-0.15, -0.1) is 0 Å². The molecular weight excluding hydrogens is 283 g/mol. The number of carbonyl (C=O) groups excluding carboxylic acids is 1. The largest absolute Gasteiger partial charge is 0.369 e. The predicted octanol–water partition coefficient (Wildman–Crippen LogP) is 1.88. The Labute approximate surface area is 128 Å². The van der Waals surface area contributed by atoms with Crippen LogP contribution in [0, 0.1) is 5.82 Å². The van der Waals surface area contributed by atoms with Crippen molar-refractivity contribution in [3.8, 4) is 0 Å². The molecule has 1 fully saturated rings. The summed E-state index contributed by atoms with van der Waals surface area (Å²) in [6.45, 7) is 1.64. The average Bonchev–Trinajstić information content (AvgIpc) is 3.17. The first kappa shape index (κ1) is 14.6. The number of aryl methyl sites for hydroxylation is 1. The normalized spacial score (nSPS) is 17.7. The second-order valence-electron chi connectivity index (χ2n) is 5.55. The van der Waals surface area contributed by atoms with Gasteiger partial charge in [0.25, 0.3) is 0 Å². The van der Waals surface area contributed by atoms with Crippen LogP contribution in [0.3, 0.4) is 0 Å². The zero-order valence-corrected chi connectivity index (χ0v) is 12.3. The monoisotopic (exact) mass is 302 g/mol. The number of aromatic nitrogens is 2. The maximum absolute atomic E-state index is 12.9. The molecule has 0 bridgehead atoms. The highest BCUT2D eigenvalue weighted by Crippen LogP contribution is 2.20. The van der Waals surface area contributed by atoms with E-state index in [0.29, 0.717) is 12.8 Å². The number of aromatic amines is 1. The summed E-state index contributed by atoms with van der Waals surface area (Å²) in [5.74, 6) is -0.174. The van der Waals surface area contributed by atoms with Gasteiger partial charge in [-0.05, 0) is 37.1 Å². The van der Waals surface area contributed by atoms with Crippen LogP contribution in [0.15, 0.2) is 36.8 Å². The first-order chi connectivity index (χ1) is 10.7. The Hall–Kier alpha value is -2.37. The number of imidazole rings is 1. The van der Waals surface area contributed by atoms with E-state index < -0.39 is 0 Å². The molecule has 1 aromatic carbocycles. The highest BCUT2D eigenvalue weighted by atomic mass is 19.1. The second kappa shape index (κ2) is 6.60. The van der Waals surface area contributed by atoms with Crippen LogP contribution >= 0.6 is 0 Å². The van der Waals surface area contributed by atoms with Gasteiger partial charge in [0.05, 0.1) is 6.33 Å². The maximum atomic E-state index is 12.9. The van der Waals surface area contributed by atoms with Gasteiger partial charge in [0, 0.05) is 43.1 Å². The van der Waals surface area contributed by atoms with Crippen LogP contribution in [0.25, 0.3) is 0 Å². The van der Waals surface area contributed by atoms with E-state index in [0.717, 1.165) is 30.9 Å². The molecule has 1 atom stereocenters. The second-order valence-corrected chi connectivity index (χ2v) is 5.55. The van der Waals surface area contributed by atoms with Crippen LogP contribution in [0.1, 0.15) is 18.5 Å². The van der Waals surface area contributed by atoms with Gasteiger partial charge in [-0.3, -0.25) is 4.79 Å². The molecule has 1 unspecified atom stereocenters. The van der Waals surface area contributed by atoms with Crippen molar-refractivity contribution < 1.29 is 9.18 Å². The number of H-pyrrole nitrogens is 1. The molecule has 1 amide bonds. The van der Waals surface area contributed by atoms with Crippen LogP contribution in [0.2, 0.25) is 0 Å². The number of carbonyl (C=O) groups is 1. The number of rotatable bonds is 5. The first-order valence-corrected chi connectivity index (χ1v) is 7.48. The molecule has 22 heavy (non-hydrogen) atoms. The van der Waals surface area contributed by atoms with Crippen molar-refractivity contribution in [1.29, 1.82) is 0 Å².